The second-order valence-corrected chi connectivity index (χ2v) is 7.82. The number of rotatable bonds is 8. The minimum atomic E-state index is -0.345. The Hall–Kier alpha value is -2.56. The maximum absolute atomic E-state index is 11.9. The highest BCUT2D eigenvalue weighted by atomic mass is 16.5. The summed E-state index contributed by atoms with van der Waals surface area (Å²) in [4.78, 5) is 16.1. The van der Waals surface area contributed by atoms with Crippen LogP contribution in [0.2, 0.25) is 0 Å². The molecule has 0 amide bonds. The second-order valence-electron chi connectivity index (χ2n) is 7.82. The standard InChI is InChI=1S/C23H28N2O3/c1-27-23(26)21-9-11-24-15-22(21)25-14-18-4-2-3-17-13-19(7-8-20(17)18)28-12-10-16-5-6-16/h7-9,11,13,15-16,18,25H,2-6,10,12,14H2,1H3/t18-/m0/s1. The molecule has 0 spiro atoms. The summed E-state index contributed by atoms with van der Waals surface area (Å²) in [7, 11) is 1.40. The average Bonchev–Trinajstić information content (AvgIpc) is 3.56. The van der Waals surface area contributed by atoms with Crippen LogP contribution in [0.3, 0.4) is 0 Å². The zero-order chi connectivity index (χ0) is 19.3. The number of hydrogen-bond donors (Lipinski definition) is 1. The van der Waals surface area contributed by atoms with Crippen molar-refractivity contribution in [3.05, 3.63) is 53.3 Å². The molecule has 0 bridgehead atoms. The van der Waals surface area contributed by atoms with E-state index in [2.05, 4.69) is 28.5 Å². The molecule has 28 heavy (non-hydrogen) atoms. The molecule has 2 aromatic rings. The number of fused-ring (bicyclic) bond motifs is 1. The van der Waals surface area contributed by atoms with Crippen LogP contribution in [0.1, 0.15) is 59.5 Å². The number of ether oxygens (including phenoxy) is 2. The van der Waals surface area contributed by atoms with Crippen LogP contribution >= 0.6 is 0 Å². The van der Waals surface area contributed by atoms with Crippen molar-refractivity contribution in [1.82, 2.24) is 4.98 Å². The Kier molecular flexibility index (Phi) is 5.79. The van der Waals surface area contributed by atoms with Gasteiger partial charge < -0.3 is 14.8 Å². The molecule has 2 aliphatic rings. The van der Waals surface area contributed by atoms with Gasteiger partial charge in [0.1, 0.15) is 5.75 Å². The van der Waals surface area contributed by atoms with Crippen molar-refractivity contribution in [2.45, 2.75) is 44.4 Å². The van der Waals surface area contributed by atoms with E-state index in [9.17, 15) is 4.79 Å². The number of anilines is 1. The smallest absolute Gasteiger partial charge is 0.340 e. The number of aryl methyl sites for hydroxylation is 1. The molecule has 0 saturated heterocycles. The highest BCUT2D eigenvalue weighted by molar-refractivity contribution is 5.95. The molecule has 1 N–H and O–H groups in total. The van der Waals surface area contributed by atoms with E-state index in [1.165, 1.54) is 43.9 Å². The lowest BCUT2D eigenvalue weighted by Crippen LogP contribution is -2.19. The zero-order valence-electron chi connectivity index (χ0n) is 16.4. The minimum absolute atomic E-state index is 0.345. The predicted octanol–water partition coefficient (Wildman–Crippen LogP) is 4.58. The Morgan fingerprint density at radius 1 is 1.25 bits per heavy atom. The lowest BCUT2D eigenvalue weighted by atomic mass is 9.82. The Morgan fingerprint density at radius 3 is 2.96 bits per heavy atom. The third-order valence-electron chi connectivity index (χ3n) is 5.81. The molecule has 1 saturated carbocycles. The van der Waals surface area contributed by atoms with Gasteiger partial charge in [-0.1, -0.05) is 18.9 Å². The summed E-state index contributed by atoms with van der Waals surface area (Å²) < 4.78 is 10.8. The Labute approximate surface area is 166 Å². The number of methoxy groups -OCH3 is 1. The summed E-state index contributed by atoms with van der Waals surface area (Å²) >= 11 is 0. The Bertz CT molecular complexity index is 832. The first-order valence-corrected chi connectivity index (χ1v) is 10.3. The van der Waals surface area contributed by atoms with Crippen molar-refractivity contribution in [2.75, 3.05) is 25.6 Å². The van der Waals surface area contributed by atoms with E-state index in [-0.39, 0.29) is 5.97 Å². The van der Waals surface area contributed by atoms with Gasteiger partial charge in [0, 0.05) is 18.7 Å². The van der Waals surface area contributed by atoms with E-state index in [1.54, 1.807) is 18.5 Å². The summed E-state index contributed by atoms with van der Waals surface area (Å²) in [6.07, 6.45) is 10.6. The number of nitrogens with zero attached hydrogens (tertiary/aromatic N) is 1. The number of benzene rings is 1. The molecule has 1 heterocycles. The summed E-state index contributed by atoms with van der Waals surface area (Å²) in [5.41, 5.74) is 4.02. The number of hydrogen-bond acceptors (Lipinski definition) is 5. The quantitative estimate of drug-likeness (QED) is 0.679. The largest absolute Gasteiger partial charge is 0.494 e. The molecule has 5 heteroatoms. The first kappa shape index (κ1) is 18.8. The number of carbonyl (C=O) groups is 1. The summed E-state index contributed by atoms with van der Waals surface area (Å²) in [6, 6.07) is 8.23. The van der Waals surface area contributed by atoms with Crippen molar-refractivity contribution < 1.29 is 14.3 Å². The fourth-order valence-electron chi connectivity index (χ4n) is 4.00. The topological polar surface area (TPSA) is 60.5 Å². The van der Waals surface area contributed by atoms with Crippen molar-refractivity contribution in [2.24, 2.45) is 5.92 Å². The normalized spacial score (nSPS) is 18.2. The highest BCUT2D eigenvalue weighted by Crippen LogP contribution is 2.35. The third kappa shape index (κ3) is 4.46. The Morgan fingerprint density at radius 2 is 2.14 bits per heavy atom. The molecule has 0 aliphatic heterocycles. The van der Waals surface area contributed by atoms with Crippen molar-refractivity contribution in [3.8, 4) is 5.75 Å². The fraction of sp³-hybridized carbons (Fsp3) is 0.478. The zero-order valence-corrected chi connectivity index (χ0v) is 16.4. The second kappa shape index (κ2) is 8.63. The van der Waals surface area contributed by atoms with Gasteiger partial charge in [0.2, 0.25) is 0 Å². The number of carbonyl (C=O) groups excluding carboxylic acids is 1. The van der Waals surface area contributed by atoms with E-state index in [4.69, 9.17) is 9.47 Å². The number of aromatic nitrogens is 1. The first-order chi connectivity index (χ1) is 13.7. The predicted molar refractivity (Wildman–Crippen MR) is 109 cm³/mol. The first-order valence-electron chi connectivity index (χ1n) is 10.3. The maximum atomic E-state index is 11.9. The number of pyridine rings is 1. The third-order valence-corrected chi connectivity index (χ3v) is 5.81. The molecule has 1 aromatic carbocycles. The molecule has 0 radical (unpaired) electrons. The lowest BCUT2D eigenvalue weighted by Gasteiger charge is -2.27. The molecule has 4 rings (SSSR count). The molecule has 1 atom stereocenters. The van der Waals surface area contributed by atoms with Gasteiger partial charge in [0.05, 0.1) is 31.2 Å². The van der Waals surface area contributed by atoms with E-state index < -0.39 is 0 Å². The Balaban J connectivity index is 1.41. The summed E-state index contributed by atoms with van der Waals surface area (Å²) in [5, 5.41) is 3.41. The molecular formula is C23H28N2O3. The molecule has 1 aromatic heterocycles. The van der Waals surface area contributed by atoms with E-state index in [1.807, 2.05) is 0 Å². The molecule has 2 aliphatic carbocycles. The molecule has 5 nitrogen and oxygen atoms in total. The summed E-state index contributed by atoms with van der Waals surface area (Å²) in [5.74, 6) is 1.96. The van der Waals surface area contributed by atoms with Crippen LogP contribution < -0.4 is 10.1 Å². The summed E-state index contributed by atoms with van der Waals surface area (Å²) in [6.45, 7) is 1.59. The van der Waals surface area contributed by atoms with Crippen molar-refractivity contribution in [3.63, 3.8) is 0 Å². The molecule has 1 fully saturated rings. The van der Waals surface area contributed by atoms with Crippen LogP contribution in [0.4, 0.5) is 5.69 Å². The molecule has 148 valence electrons. The number of esters is 1. The van der Waals surface area contributed by atoms with Crippen LogP contribution in [-0.2, 0) is 11.2 Å². The van der Waals surface area contributed by atoms with Crippen molar-refractivity contribution >= 4 is 11.7 Å². The molecule has 0 unspecified atom stereocenters. The number of nitrogens with one attached hydrogen (secondary N) is 1. The highest BCUT2D eigenvalue weighted by Gasteiger charge is 2.23. The van der Waals surface area contributed by atoms with Gasteiger partial charge in [0.15, 0.2) is 0 Å². The van der Waals surface area contributed by atoms with Crippen LogP contribution in [-0.4, -0.2) is 31.2 Å². The van der Waals surface area contributed by atoms with Gasteiger partial charge in [-0.05, 0) is 60.9 Å². The average molecular weight is 380 g/mol. The van der Waals surface area contributed by atoms with Crippen LogP contribution in [0.15, 0.2) is 36.7 Å². The van der Waals surface area contributed by atoms with Crippen LogP contribution in [0, 0.1) is 5.92 Å². The van der Waals surface area contributed by atoms with Gasteiger partial charge in [-0.3, -0.25) is 4.98 Å². The van der Waals surface area contributed by atoms with Gasteiger partial charge >= 0.3 is 5.97 Å². The van der Waals surface area contributed by atoms with Crippen LogP contribution in [0.5, 0.6) is 5.75 Å². The van der Waals surface area contributed by atoms with Gasteiger partial charge in [0.25, 0.3) is 0 Å². The lowest BCUT2D eigenvalue weighted by molar-refractivity contribution is 0.0601. The van der Waals surface area contributed by atoms with E-state index >= 15 is 0 Å². The van der Waals surface area contributed by atoms with Crippen molar-refractivity contribution in [1.29, 1.82) is 0 Å². The van der Waals surface area contributed by atoms with E-state index in [0.29, 0.717) is 11.5 Å². The SMILES string of the molecule is COC(=O)c1ccncc1NC[C@@H]1CCCc2cc(OCCC3CC3)ccc21. The van der Waals surface area contributed by atoms with Gasteiger partial charge in [-0.25, -0.2) is 4.79 Å². The fourth-order valence-corrected chi connectivity index (χ4v) is 4.00. The molecular weight excluding hydrogens is 352 g/mol. The van der Waals surface area contributed by atoms with Gasteiger partial charge in [-0.15, -0.1) is 0 Å². The van der Waals surface area contributed by atoms with E-state index in [0.717, 1.165) is 43.3 Å². The maximum Gasteiger partial charge on any atom is 0.340 e. The van der Waals surface area contributed by atoms with Gasteiger partial charge in [-0.2, -0.15) is 0 Å². The monoisotopic (exact) mass is 380 g/mol. The minimum Gasteiger partial charge on any atom is -0.494 e. The van der Waals surface area contributed by atoms with Crippen LogP contribution in [0.25, 0.3) is 0 Å².